The van der Waals surface area contributed by atoms with E-state index in [2.05, 4.69) is 30.2 Å². The molecule has 0 unspecified atom stereocenters. The predicted octanol–water partition coefficient (Wildman–Crippen LogP) is 3.50. The third-order valence-corrected chi connectivity index (χ3v) is 4.22. The van der Waals surface area contributed by atoms with E-state index >= 15 is 0 Å². The summed E-state index contributed by atoms with van der Waals surface area (Å²) in [5.41, 5.74) is 3.19. The smallest absolute Gasteiger partial charge is 0.224 e. The number of aryl methyl sites for hydroxylation is 1. The SMILES string of the molecule is COc1ccc(C)cc1CC(=O)NC[C@@H](c1cccnc1)C(C)C. The summed E-state index contributed by atoms with van der Waals surface area (Å²) in [4.78, 5) is 16.6. The van der Waals surface area contributed by atoms with Crippen LogP contribution in [0.2, 0.25) is 0 Å². The van der Waals surface area contributed by atoms with Crippen LogP contribution < -0.4 is 10.1 Å². The highest BCUT2D eigenvalue weighted by atomic mass is 16.5. The molecule has 4 nitrogen and oxygen atoms in total. The molecule has 1 N–H and O–H groups in total. The van der Waals surface area contributed by atoms with Crippen LogP contribution in [-0.2, 0) is 11.2 Å². The number of methoxy groups -OCH3 is 1. The van der Waals surface area contributed by atoms with Crippen LogP contribution in [0.4, 0.5) is 0 Å². The van der Waals surface area contributed by atoms with E-state index in [9.17, 15) is 4.79 Å². The van der Waals surface area contributed by atoms with Gasteiger partial charge in [-0.25, -0.2) is 0 Å². The van der Waals surface area contributed by atoms with E-state index in [0.717, 1.165) is 22.4 Å². The standard InChI is InChI=1S/C20H26N2O2/c1-14(2)18(16-6-5-9-21-12-16)13-22-20(23)11-17-10-15(3)7-8-19(17)24-4/h5-10,12,14,18H,11,13H2,1-4H3,(H,22,23)/t18-/m1/s1. The van der Waals surface area contributed by atoms with E-state index in [-0.39, 0.29) is 11.8 Å². The summed E-state index contributed by atoms with van der Waals surface area (Å²) >= 11 is 0. The van der Waals surface area contributed by atoms with Crippen molar-refractivity contribution >= 4 is 5.91 Å². The summed E-state index contributed by atoms with van der Waals surface area (Å²) in [6, 6.07) is 9.89. The van der Waals surface area contributed by atoms with Crippen molar-refractivity contribution in [1.82, 2.24) is 10.3 Å². The highest BCUT2D eigenvalue weighted by Crippen LogP contribution is 2.23. The number of rotatable bonds is 7. The lowest BCUT2D eigenvalue weighted by Gasteiger charge is -2.21. The lowest BCUT2D eigenvalue weighted by atomic mass is 9.89. The van der Waals surface area contributed by atoms with Crippen LogP contribution in [0, 0.1) is 12.8 Å². The maximum atomic E-state index is 12.4. The highest BCUT2D eigenvalue weighted by Gasteiger charge is 2.17. The van der Waals surface area contributed by atoms with Gasteiger partial charge in [0.1, 0.15) is 5.75 Å². The second-order valence-electron chi connectivity index (χ2n) is 6.43. The lowest BCUT2D eigenvalue weighted by Crippen LogP contribution is -2.31. The first-order valence-electron chi connectivity index (χ1n) is 8.31. The Labute approximate surface area is 144 Å². The number of carbonyl (C=O) groups excluding carboxylic acids is 1. The summed E-state index contributed by atoms with van der Waals surface area (Å²) in [6.07, 6.45) is 3.96. The monoisotopic (exact) mass is 326 g/mol. The van der Waals surface area contributed by atoms with Crippen LogP contribution in [-0.4, -0.2) is 24.5 Å². The zero-order valence-corrected chi connectivity index (χ0v) is 14.9. The number of pyridine rings is 1. The summed E-state index contributed by atoms with van der Waals surface area (Å²) in [6.45, 7) is 6.94. The molecule has 0 bridgehead atoms. The first-order chi connectivity index (χ1) is 11.5. The number of hydrogen-bond acceptors (Lipinski definition) is 3. The zero-order chi connectivity index (χ0) is 17.5. The summed E-state index contributed by atoms with van der Waals surface area (Å²) < 4.78 is 5.35. The van der Waals surface area contributed by atoms with Gasteiger partial charge in [0, 0.05) is 30.4 Å². The van der Waals surface area contributed by atoms with Gasteiger partial charge in [-0.3, -0.25) is 9.78 Å². The second kappa shape index (κ2) is 8.48. The minimum atomic E-state index is 0.00782. The molecule has 0 aliphatic carbocycles. The van der Waals surface area contributed by atoms with E-state index < -0.39 is 0 Å². The molecule has 2 aromatic rings. The first-order valence-corrected chi connectivity index (χ1v) is 8.31. The maximum Gasteiger partial charge on any atom is 0.224 e. The molecule has 128 valence electrons. The van der Waals surface area contributed by atoms with Crippen molar-refractivity contribution in [3.05, 3.63) is 59.4 Å². The molecular formula is C20H26N2O2. The average molecular weight is 326 g/mol. The number of benzene rings is 1. The number of hydrogen-bond donors (Lipinski definition) is 1. The Morgan fingerprint density at radius 1 is 1.29 bits per heavy atom. The van der Waals surface area contributed by atoms with Crippen LogP contribution in [0.5, 0.6) is 5.75 Å². The molecule has 0 saturated carbocycles. The Balaban J connectivity index is 2.00. The van der Waals surface area contributed by atoms with Crippen LogP contribution in [0.15, 0.2) is 42.7 Å². The molecule has 0 aliphatic heterocycles. The van der Waals surface area contributed by atoms with Gasteiger partial charge in [0.15, 0.2) is 0 Å². The molecule has 0 saturated heterocycles. The van der Waals surface area contributed by atoms with Gasteiger partial charge in [-0.15, -0.1) is 0 Å². The van der Waals surface area contributed by atoms with Crippen molar-refractivity contribution in [3.8, 4) is 5.75 Å². The Bertz CT molecular complexity index is 669. The van der Waals surface area contributed by atoms with Crippen molar-refractivity contribution in [1.29, 1.82) is 0 Å². The minimum absolute atomic E-state index is 0.00782. The lowest BCUT2D eigenvalue weighted by molar-refractivity contribution is -0.120. The Morgan fingerprint density at radius 3 is 2.71 bits per heavy atom. The van der Waals surface area contributed by atoms with Crippen molar-refractivity contribution in [3.63, 3.8) is 0 Å². The number of aromatic nitrogens is 1. The topological polar surface area (TPSA) is 51.2 Å². The van der Waals surface area contributed by atoms with Crippen molar-refractivity contribution in [2.75, 3.05) is 13.7 Å². The molecule has 2 rings (SSSR count). The van der Waals surface area contributed by atoms with Crippen molar-refractivity contribution in [2.24, 2.45) is 5.92 Å². The highest BCUT2D eigenvalue weighted by molar-refractivity contribution is 5.79. The predicted molar refractivity (Wildman–Crippen MR) is 96.3 cm³/mol. The number of nitrogens with zero attached hydrogens (tertiary/aromatic N) is 1. The quantitative estimate of drug-likeness (QED) is 0.847. The molecule has 4 heteroatoms. The molecule has 0 spiro atoms. The largest absolute Gasteiger partial charge is 0.496 e. The van der Waals surface area contributed by atoms with Crippen molar-refractivity contribution < 1.29 is 9.53 Å². The van der Waals surface area contributed by atoms with Gasteiger partial charge in [-0.2, -0.15) is 0 Å². The number of ether oxygens (including phenoxy) is 1. The first kappa shape index (κ1) is 18.0. The molecule has 0 radical (unpaired) electrons. The van der Waals surface area contributed by atoms with E-state index in [1.807, 2.05) is 37.4 Å². The van der Waals surface area contributed by atoms with Gasteiger partial charge in [-0.1, -0.05) is 37.6 Å². The molecule has 1 aromatic heterocycles. The number of carbonyl (C=O) groups is 1. The van der Waals surface area contributed by atoms with Crippen molar-refractivity contribution in [2.45, 2.75) is 33.1 Å². The maximum absolute atomic E-state index is 12.4. The summed E-state index contributed by atoms with van der Waals surface area (Å²) in [7, 11) is 1.63. The van der Waals surface area contributed by atoms with E-state index in [0.29, 0.717) is 18.9 Å². The molecule has 1 heterocycles. The van der Waals surface area contributed by atoms with Gasteiger partial charge in [0.2, 0.25) is 5.91 Å². The fourth-order valence-electron chi connectivity index (χ4n) is 2.84. The molecule has 24 heavy (non-hydrogen) atoms. The molecule has 1 atom stereocenters. The normalized spacial score (nSPS) is 12.0. The van der Waals surface area contributed by atoms with E-state index in [1.165, 1.54) is 0 Å². The van der Waals surface area contributed by atoms with E-state index in [4.69, 9.17) is 4.74 Å². The second-order valence-corrected chi connectivity index (χ2v) is 6.43. The molecule has 0 aliphatic rings. The number of amides is 1. The number of nitrogens with one attached hydrogen (secondary N) is 1. The van der Waals surface area contributed by atoms with Gasteiger partial charge in [-0.05, 0) is 30.5 Å². The molecule has 1 aromatic carbocycles. The minimum Gasteiger partial charge on any atom is -0.496 e. The van der Waals surface area contributed by atoms with Gasteiger partial charge in [0.05, 0.1) is 13.5 Å². The average Bonchev–Trinajstić information content (AvgIpc) is 2.56. The van der Waals surface area contributed by atoms with Gasteiger partial charge < -0.3 is 10.1 Å². The zero-order valence-electron chi connectivity index (χ0n) is 14.9. The van der Waals surface area contributed by atoms with E-state index in [1.54, 1.807) is 13.3 Å². The van der Waals surface area contributed by atoms with Crippen LogP contribution in [0.25, 0.3) is 0 Å². The van der Waals surface area contributed by atoms with Crippen LogP contribution in [0.1, 0.15) is 36.5 Å². The summed E-state index contributed by atoms with van der Waals surface area (Å²) in [5, 5.41) is 3.06. The molecular weight excluding hydrogens is 300 g/mol. The van der Waals surface area contributed by atoms with Gasteiger partial charge >= 0.3 is 0 Å². The van der Waals surface area contributed by atoms with Gasteiger partial charge in [0.25, 0.3) is 0 Å². The Hall–Kier alpha value is -2.36. The third kappa shape index (κ3) is 4.82. The molecule has 1 amide bonds. The summed E-state index contributed by atoms with van der Waals surface area (Å²) in [5.74, 6) is 1.43. The van der Waals surface area contributed by atoms with Crippen LogP contribution in [0.3, 0.4) is 0 Å². The van der Waals surface area contributed by atoms with Crippen LogP contribution >= 0.6 is 0 Å². The molecule has 0 fully saturated rings. The Kier molecular flexibility index (Phi) is 6.36. The third-order valence-electron chi connectivity index (χ3n) is 4.22. The fraction of sp³-hybridized carbons (Fsp3) is 0.400. The fourth-order valence-corrected chi connectivity index (χ4v) is 2.84. The Morgan fingerprint density at radius 2 is 2.08 bits per heavy atom.